The lowest BCUT2D eigenvalue weighted by atomic mass is 10.00. The number of carbonyl (C=O) groups excluding carboxylic acids is 2. The number of aromatic amines is 1. The lowest BCUT2D eigenvalue weighted by Gasteiger charge is -2.38. The molecule has 0 bridgehead atoms. The average Bonchev–Trinajstić information content (AvgIpc) is 2.58. The molecule has 1 aliphatic rings. The molecule has 8 heteroatoms. The highest BCUT2D eigenvalue weighted by molar-refractivity contribution is 5.93. The minimum Gasteiger partial charge on any atom is -0.444 e. The first kappa shape index (κ1) is 14.2. The lowest BCUT2D eigenvalue weighted by Crippen LogP contribution is -2.55. The first-order valence-electron chi connectivity index (χ1n) is 6.34. The second-order valence-electron chi connectivity index (χ2n) is 5.78. The zero-order chi connectivity index (χ0) is 14.9. The second-order valence-corrected chi connectivity index (χ2v) is 5.78. The average molecular weight is 281 g/mol. The van der Waals surface area contributed by atoms with Crippen LogP contribution in [0.3, 0.4) is 0 Å². The summed E-state index contributed by atoms with van der Waals surface area (Å²) >= 11 is 0. The first-order chi connectivity index (χ1) is 9.24. The number of amides is 2. The molecule has 0 aromatic carbocycles. The van der Waals surface area contributed by atoms with Gasteiger partial charge in [0.1, 0.15) is 17.2 Å². The number of nitrogens with one attached hydrogen (secondary N) is 2. The van der Waals surface area contributed by atoms with Gasteiger partial charge in [0.15, 0.2) is 0 Å². The van der Waals surface area contributed by atoms with E-state index < -0.39 is 11.7 Å². The molecule has 2 rings (SSSR count). The van der Waals surface area contributed by atoms with Crippen LogP contribution in [0.2, 0.25) is 0 Å². The molecule has 110 valence electrons. The van der Waals surface area contributed by atoms with E-state index in [1.807, 2.05) is 0 Å². The van der Waals surface area contributed by atoms with Crippen LogP contribution in [-0.4, -0.2) is 45.8 Å². The molecular weight excluding hydrogens is 262 g/mol. The Kier molecular flexibility index (Phi) is 3.56. The smallest absolute Gasteiger partial charge is 0.410 e. The van der Waals surface area contributed by atoms with Crippen LogP contribution in [0.4, 0.5) is 16.4 Å². The van der Waals surface area contributed by atoms with Gasteiger partial charge in [-0.3, -0.25) is 9.89 Å². The quantitative estimate of drug-likeness (QED) is 0.742. The normalized spacial score (nSPS) is 15.7. The molecule has 0 unspecified atom stereocenters. The summed E-state index contributed by atoms with van der Waals surface area (Å²) in [5.74, 6) is 0.341. The number of aromatic nitrogens is 2. The van der Waals surface area contributed by atoms with Gasteiger partial charge in [0.25, 0.3) is 0 Å². The third-order valence-electron chi connectivity index (χ3n) is 2.76. The summed E-state index contributed by atoms with van der Waals surface area (Å²) in [4.78, 5) is 25.1. The van der Waals surface area contributed by atoms with Gasteiger partial charge in [-0.15, -0.1) is 0 Å². The molecule has 1 fully saturated rings. The van der Waals surface area contributed by atoms with Crippen LogP contribution in [0.5, 0.6) is 0 Å². The zero-order valence-corrected chi connectivity index (χ0v) is 11.8. The van der Waals surface area contributed by atoms with E-state index in [4.69, 9.17) is 10.5 Å². The molecule has 1 saturated heterocycles. The van der Waals surface area contributed by atoms with E-state index in [9.17, 15) is 9.59 Å². The number of nitrogen functional groups attached to an aromatic ring is 1. The standard InChI is InChI=1S/C12H19N5O3/c1-12(2,3)20-11(19)17-5-7(6-17)10(18)14-9-4-8(13)15-16-9/h4,7H,5-6H2,1-3H3,(H4,13,14,15,16,18). The fourth-order valence-electron chi connectivity index (χ4n) is 1.76. The summed E-state index contributed by atoms with van der Waals surface area (Å²) in [5, 5.41) is 8.96. The van der Waals surface area contributed by atoms with Gasteiger partial charge in [0.05, 0.1) is 5.92 Å². The Hall–Kier alpha value is -2.25. The number of H-pyrrole nitrogens is 1. The van der Waals surface area contributed by atoms with Crippen molar-refractivity contribution in [1.82, 2.24) is 15.1 Å². The largest absolute Gasteiger partial charge is 0.444 e. The van der Waals surface area contributed by atoms with Crippen LogP contribution in [0.15, 0.2) is 6.07 Å². The molecule has 8 nitrogen and oxygen atoms in total. The van der Waals surface area contributed by atoms with E-state index >= 15 is 0 Å². The summed E-state index contributed by atoms with van der Waals surface area (Å²) in [6.07, 6.45) is -0.396. The first-order valence-corrected chi connectivity index (χ1v) is 6.34. The minimum atomic E-state index is -0.530. The number of hydrogen-bond donors (Lipinski definition) is 3. The van der Waals surface area contributed by atoms with Gasteiger partial charge in [-0.05, 0) is 20.8 Å². The molecule has 2 amide bonds. The third kappa shape index (κ3) is 3.40. The highest BCUT2D eigenvalue weighted by Crippen LogP contribution is 2.21. The molecular formula is C12H19N5O3. The number of ether oxygens (including phenoxy) is 1. The Morgan fingerprint density at radius 2 is 2.15 bits per heavy atom. The number of nitrogens with two attached hydrogens (primary N) is 1. The van der Waals surface area contributed by atoms with Crippen molar-refractivity contribution in [2.24, 2.45) is 5.92 Å². The van der Waals surface area contributed by atoms with Crippen LogP contribution in [0.25, 0.3) is 0 Å². The van der Waals surface area contributed by atoms with Gasteiger partial charge in [-0.25, -0.2) is 4.79 Å². The van der Waals surface area contributed by atoms with E-state index in [1.165, 1.54) is 11.0 Å². The van der Waals surface area contributed by atoms with E-state index in [2.05, 4.69) is 15.5 Å². The second kappa shape index (κ2) is 5.03. The molecule has 0 atom stereocenters. The Morgan fingerprint density at radius 1 is 1.50 bits per heavy atom. The molecule has 1 aliphatic heterocycles. The summed E-state index contributed by atoms with van der Waals surface area (Å²) in [5.41, 5.74) is 4.90. The molecule has 20 heavy (non-hydrogen) atoms. The van der Waals surface area contributed by atoms with Crippen LogP contribution in [0.1, 0.15) is 20.8 Å². The fraction of sp³-hybridized carbons (Fsp3) is 0.583. The Morgan fingerprint density at radius 3 is 2.65 bits per heavy atom. The van der Waals surface area contributed by atoms with Gasteiger partial charge in [-0.1, -0.05) is 0 Å². The summed E-state index contributed by atoms with van der Waals surface area (Å²) < 4.78 is 5.21. The Bertz CT molecular complexity index is 513. The Balaban J connectivity index is 1.78. The van der Waals surface area contributed by atoms with E-state index in [0.29, 0.717) is 24.7 Å². The van der Waals surface area contributed by atoms with Crippen LogP contribution in [0, 0.1) is 5.92 Å². The molecule has 2 heterocycles. The van der Waals surface area contributed by atoms with Crippen molar-refractivity contribution in [1.29, 1.82) is 0 Å². The zero-order valence-electron chi connectivity index (χ0n) is 11.8. The maximum atomic E-state index is 11.9. The third-order valence-corrected chi connectivity index (χ3v) is 2.76. The molecule has 1 aromatic heterocycles. The molecule has 1 aromatic rings. The summed E-state index contributed by atoms with van der Waals surface area (Å²) in [6.45, 7) is 6.11. The van der Waals surface area contributed by atoms with Crippen molar-refractivity contribution in [3.8, 4) is 0 Å². The van der Waals surface area contributed by atoms with Gasteiger partial charge in [0, 0.05) is 19.2 Å². The molecule has 4 N–H and O–H groups in total. The number of carbonyl (C=O) groups is 2. The van der Waals surface area contributed by atoms with Crippen LogP contribution in [-0.2, 0) is 9.53 Å². The lowest BCUT2D eigenvalue weighted by molar-refractivity contribution is -0.124. The highest BCUT2D eigenvalue weighted by atomic mass is 16.6. The molecule has 0 spiro atoms. The Labute approximate surface area is 116 Å². The number of hydrogen-bond acceptors (Lipinski definition) is 5. The van der Waals surface area contributed by atoms with Crippen molar-refractivity contribution >= 4 is 23.6 Å². The molecule has 0 radical (unpaired) electrons. The topological polar surface area (TPSA) is 113 Å². The van der Waals surface area contributed by atoms with Crippen molar-refractivity contribution in [2.45, 2.75) is 26.4 Å². The van der Waals surface area contributed by atoms with Crippen LogP contribution < -0.4 is 11.1 Å². The number of nitrogens with zero attached hydrogens (tertiary/aromatic N) is 2. The molecule has 0 saturated carbocycles. The van der Waals surface area contributed by atoms with Gasteiger partial charge >= 0.3 is 6.09 Å². The maximum Gasteiger partial charge on any atom is 0.410 e. The highest BCUT2D eigenvalue weighted by Gasteiger charge is 2.37. The fourth-order valence-corrected chi connectivity index (χ4v) is 1.76. The van der Waals surface area contributed by atoms with E-state index in [1.54, 1.807) is 20.8 Å². The van der Waals surface area contributed by atoms with Crippen molar-refractivity contribution < 1.29 is 14.3 Å². The van der Waals surface area contributed by atoms with Crippen molar-refractivity contribution in [3.63, 3.8) is 0 Å². The van der Waals surface area contributed by atoms with Gasteiger partial charge < -0.3 is 20.7 Å². The maximum absolute atomic E-state index is 11.9. The summed E-state index contributed by atoms with van der Waals surface area (Å²) in [6, 6.07) is 1.53. The number of anilines is 2. The van der Waals surface area contributed by atoms with Crippen molar-refractivity contribution in [2.75, 3.05) is 24.1 Å². The number of likely N-dealkylation sites (tertiary alicyclic amines) is 1. The molecule has 0 aliphatic carbocycles. The van der Waals surface area contributed by atoms with Gasteiger partial charge in [-0.2, -0.15) is 5.10 Å². The van der Waals surface area contributed by atoms with Crippen molar-refractivity contribution in [3.05, 3.63) is 6.07 Å². The van der Waals surface area contributed by atoms with E-state index in [0.717, 1.165) is 0 Å². The van der Waals surface area contributed by atoms with Gasteiger partial charge in [0.2, 0.25) is 5.91 Å². The SMILES string of the molecule is CC(C)(C)OC(=O)N1CC(C(=O)Nc2cc(N)n[nH]2)C1. The summed E-state index contributed by atoms with van der Waals surface area (Å²) in [7, 11) is 0. The predicted octanol–water partition coefficient (Wildman–Crippen LogP) is 0.797. The monoisotopic (exact) mass is 281 g/mol. The van der Waals surface area contributed by atoms with E-state index in [-0.39, 0.29) is 11.8 Å². The van der Waals surface area contributed by atoms with Crippen LogP contribution >= 0.6 is 0 Å². The number of rotatable bonds is 2. The minimum absolute atomic E-state index is 0.173. The predicted molar refractivity (Wildman–Crippen MR) is 72.9 cm³/mol.